The minimum Gasteiger partial charge on any atom is -0.488 e. The summed E-state index contributed by atoms with van der Waals surface area (Å²) < 4.78 is 12.1. The number of hydrogen-bond donors (Lipinski definition) is 2. The lowest BCUT2D eigenvalue weighted by atomic mass is 9.71. The lowest BCUT2D eigenvalue weighted by Crippen LogP contribution is -2.42. The Labute approximate surface area is 225 Å². The largest absolute Gasteiger partial charge is 0.488 e. The smallest absolute Gasteiger partial charge is 0.407 e. The summed E-state index contributed by atoms with van der Waals surface area (Å²) in [5.41, 5.74) is 10.5. The Morgan fingerprint density at radius 3 is 2.61 bits per heavy atom. The van der Waals surface area contributed by atoms with Crippen LogP contribution in [0.15, 0.2) is 18.5 Å². The number of carbonyl (C=O) groups excluding carboxylic acids is 1. The molecule has 0 spiro atoms. The van der Waals surface area contributed by atoms with Gasteiger partial charge in [-0.15, -0.1) is 0 Å². The van der Waals surface area contributed by atoms with Gasteiger partial charge in [0.05, 0.1) is 30.0 Å². The van der Waals surface area contributed by atoms with Crippen LogP contribution in [-0.4, -0.2) is 47.4 Å². The molecule has 0 unspecified atom stereocenters. The number of anilines is 2. The highest BCUT2D eigenvalue weighted by Gasteiger charge is 2.37. The van der Waals surface area contributed by atoms with Crippen molar-refractivity contribution in [2.45, 2.75) is 96.3 Å². The van der Waals surface area contributed by atoms with Gasteiger partial charge in [0, 0.05) is 30.8 Å². The molecule has 9 nitrogen and oxygen atoms in total. The quantitative estimate of drug-likeness (QED) is 0.537. The van der Waals surface area contributed by atoms with Crippen LogP contribution in [0.4, 0.5) is 16.3 Å². The van der Waals surface area contributed by atoms with Crippen molar-refractivity contribution >= 4 is 17.6 Å². The third-order valence-electron chi connectivity index (χ3n) is 7.30. The van der Waals surface area contributed by atoms with Gasteiger partial charge in [0.15, 0.2) is 0 Å². The molecule has 2 aliphatic carbocycles. The molecule has 2 aliphatic rings. The molecule has 0 atom stereocenters. The molecule has 0 aliphatic heterocycles. The number of amides is 1. The SMILES string of the molecule is CN(CCC#N)c1c(O[C@H]2CC[C@H](NC(=O)OC(C)(C)C)CC2)ccc2c1CC(C)(C)c1c(N)ncnc1-2. The number of fused-ring (bicyclic) bond motifs is 3. The molecular weight excluding hydrogens is 480 g/mol. The Kier molecular flexibility index (Phi) is 7.73. The second kappa shape index (κ2) is 10.7. The molecule has 38 heavy (non-hydrogen) atoms. The highest BCUT2D eigenvalue weighted by Crippen LogP contribution is 2.49. The summed E-state index contributed by atoms with van der Waals surface area (Å²) in [5, 5.41) is 12.2. The number of nitrogens with zero attached hydrogens (tertiary/aromatic N) is 4. The molecule has 0 saturated heterocycles. The van der Waals surface area contributed by atoms with Gasteiger partial charge in [-0.05, 0) is 76.0 Å². The average Bonchev–Trinajstić information content (AvgIpc) is 2.82. The lowest BCUT2D eigenvalue weighted by molar-refractivity contribution is 0.0471. The highest BCUT2D eigenvalue weighted by atomic mass is 16.6. The number of nitriles is 1. The number of benzene rings is 1. The first kappa shape index (κ1) is 27.5. The number of hydrogen-bond acceptors (Lipinski definition) is 8. The second-order valence-corrected chi connectivity index (χ2v) is 12.0. The van der Waals surface area contributed by atoms with Gasteiger partial charge in [0.1, 0.15) is 23.5 Å². The van der Waals surface area contributed by atoms with Crippen LogP contribution in [0.25, 0.3) is 11.3 Å². The number of aromatic nitrogens is 2. The van der Waals surface area contributed by atoms with E-state index in [2.05, 4.69) is 46.2 Å². The molecule has 1 amide bonds. The standard InChI is InChI=1S/C29H40N6O3/c1-28(2,3)38-27(36)34-18-8-10-19(11-9-18)37-22-13-12-20-21(25(22)35(6)15-7-14-30)16-29(4,5)23-24(20)32-17-33-26(23)31/h12-13,17-19H,7-11,15-16H2,1-6H3,(H,34,36)(H2,31,32,33)/t18-,19-. The summed E-state index contributed by atoms with van der Waals surface area (Å²) in [6, 6.07) is 6.42. The van der Waals surface area contributed by atoms with Crippen LogP contribution in [0.5, 0.6) is 5.75 Å². The van der Waals surface area contributed by atoms with Gasteiger partial charge < -0.3 is 25.4 Å². The van der Waals surface area contributed by atoms with Gasteiger partial charge in [-0.3, -0.25) is 0 Å². The van der Waals surface area contributed by atoms with E-state index in [4.69, 9.17) is 15.2 Å². The summed E-state index contributed by atoms with van der Waals surface area (Å²) >= 11 is 0. The third-order valence-corrected chi connectivity index (χ3v) is 7.30. The molecule has 9 heteroatoms. The van der Waals surface area contributed by atoms with Crippen molar-refractivity contribution in [1.82, 2.24) is 15.3 Å². The fraction of sp³-hybridized carbons (Fsp3) is 0.586. The van der Waals surface area contributed by atoms with Crippen LogP contribution >= 0.6 is 0 Å². The van der Waals surface area contributed by atoms with E-state index in [1.807, 2.05) is 33.9 Å². The van der Waals surface area contributed by atoms with Crippen molar-refractivity contribution in [1.29, 1.82) is 5.26 Å². The number of nitrogens with two attached hydrogens (primary N) is 1. The maximum absolute atomic E-state index is 12.2. The first-order chi connectivity index (χ1) is 17.9. The van der Waals surface area contributed by atoms with E-state index in [0.717, 1.165) is 65.9 Å². The van der Waals surface area contributed by atoms with Crippen molar-refractivity contribution in [2.24, 2.45) is 0 Å². The average molecular weight is 521 g/mol. The number of nitrogen functional groups attached to an aromatic ring is 1. The van der Waals surface area contributed by atoms with Gasteiger partial charge in [-0.25, -0.2) is 14.8 Å². The molecule has 1 heterocycles. The van der Waals surface area contributed by atoms with E-state index in [1.165, 1.54) is 6.33 Å². The number of alkyl carbamates (subject to hydrolysis) is 1. The summed E-state index contributed by atoms with van der Waals surface area (Å²) in [4.78, 5) is 23.2. The number of carbonyl (C=O) groups is 1. The predicted octanol–water partition coefficient (Wildman–Crippen LogP) is 5.12. The first-order valence-electron chi connectivity index (χ1n) is 13.4. The van der Waals surface area contributed by atoms with Crippen molar-refractivity contribution in [2.75, 3.05) is 24.2 Å². The van der Waals surface area contributed by atoms with E-state index in [0.29, 0.717) is 18.8 Å². The Morgan fingerprint density at radius 2 is 1.95 bits per heavy atom. The zero-order valence-electron chi connectivity index (χ0n) is 23.4. The summed E-state index contributed by atoms with van der Waals surface area (Å²) in [7, 11) is 2.01. The Hall–Kier alpha value is -3.54. The van der Waals surface area contributed by atoms with Crippen LogP contribution in [0.3, 0.4) is 0 Å². The van der Waals surface area contributed by atoms with Crippen molar-refractivity contribution in [3.8, 4) is 23.1 Å². The lowest BCUT2D eigenvalue weighted by Gasteiger charge is -2.37. The molecule has 0 bridgehead atoms. The third kappa shape index (κ3) is 5.95. The van der Waals surface area contributed by atoms with Crippen LogP contribution in [0.1, 0.15) is 77.8 Å². The summed E-state index contributed by atoms with van der Waals surface area (Å²) in [5.74, 6) is 1.33. The minimum atomic E-state index is -0.516. The van der Waals surface area contributed by atoms with E-state index < -0.39 is 5.60 Å². The van der Waals surface area contributed by atoms with Gasteiger partial charge in [0.25, 0.3) is 0 Å². The first-order valence-corrected chi connectivity index (χ1v) is 13.4. The van der Waals surface area contributed by atoms with Crippen molar-refractivity contribution in [3.63, 3.8) is 0 Å². The zero-order valence-corrected chi connectivity index (χ0v) is 23.4. The summed E-state index contributed by atoms with van der Waals surface area (Å²) in [6.07, 6.45) is 5.66. The van der Waals surface area contributed by atoms with E-state index >= 15 is 0 Å². The van der Waals surface area contributed by atoms with Gasteiger partial charge in [0.2, 0.25) is 0 Å². The molecule has 2 aromatic rings. The van der Waals surface area contributed by atoms with Crippen LogP contribution in [0, 0.1) is 11.3 Å². The van der Waals surface area contributed by atoms with Gasteiger partial charge in [-0.2, -0.15) is 5.26 Å². The normalized spacial score (nSPS) is 19.9. The molecule has 1 aromatic carbocycles. The van der Waals surface area contributed by atoms with Crippen molar-refractivity contribution < 1.29 is 14.3 Å². The fourth-order valence-electron chi connectivity index (χ4n) is 5.64. The molecule has 0 radical (unpaired) electrons. The second-order valence-electron chi connectivity index (χ2n) is 12.0. The number of rotatable bonds is 6. The fourth-order valence-corrected chi connectivity index (χ4v) is 5.64. The summed E-state index contributed by atoms with van der Waals surface area (Å²) in [6.45, 7) is 10.5. The Bertz CT molecular complexity index is 1220. The van der Waals surface area contributed by atoms with Crippen molar-refractivity contribution in [3.05, 3.63) is 29.6 Å². The monoisotopic (exact) mass is 520 g/mol. The molecule has 4 rings (SSSR count). The van der Waals surface area contributed by atoms with E-state index in [1.54, 1.807) is 0 Å². The van der Waals surface area contributed by atoms with E-state index in [9.17, 15) is 10.1 Å². The topological polar surface area (TPSA) is 126 Å². The Morgan fingerprint density at radius 1 is 1.24 bits per heavy atom. The molecule has 1 aromatic heterocycles. The highest BCUT2D eigenvalue weighted by molar-refractivity contribution is 5.83. The number of nitrogens with one attached hydrogen (secondary N) is 1. The number of ether oxygens (including phenoxy) is 2. The minimum absolute atomic E-state index is 0.0368. The molecule has 204 valence electrons. The van der Waals surface area contributed by atoms with E-state index in [-0.39, 0.29) is 23.7 Å². The van der Waals surface area contributed by atoms with Crippen LogP contribution in [0.2, 0.25) is 0 Å². The maximum atomic E-state index is 12.2. The van der Waals surface area contributed by atoms with Gasteiger partial charge >= 0.3 is 6.09 Å². The van der Waals surface area contributed by atoms with Crippen LogP contribution < -0.4 is 20.7 Å². The zero-order chi connectivity index (χ0) is 27.7. The van der Waals surface area contributed by atoms with Crippen LogP contribution in [-0.2, 0) is 16.6 Å². The maximum Gasteiger partial charge on any atom is 0.407 e. The molecule has 1 fully saturated rings. The molecular formula is C29H40N6O3. The molecule has 1 saturated carbocycles. The predicted molar refractivity (Wildman–Crippen MR) is 148 cm³/mol. The Balaban J connectivity index is 1.58. The van der Waals surface area contributed by atoms with Gasteiger partial charge in [-0.1, -0.05) is 13.8 Å². The molecule has 3 N–H and O–H groups in total.